The van der Waals surface area contributed by atoms with E-state index in [1.165, 1.54) is 5.92 Å². The van der Waals surface area contributed by atoms with Crippen LogP contribution in [0.2, 0.25) is 0 Å². The Bertz CT molecular complexity index is 320. The fourth-order valence-corrected chi connectivity index (χ4v) is 2.68. The van der Waals surface area contributed by atoms with E-state index in [0.717, 1.165) is 18.3 Å². The van der Waals surface area contributed by atoms with Gasteiger partial charge in [-0.2, -0.15) is 0 Å². The van der Waals surface area contributed by atoms with Gasteiger partial charge in [-0.25, -0.2) is 0 Å². The molecule has 2 saturated carbocycles. The van der Waals surface area contributed by atoms with Gasteiger partial charge in [0.1, 0.15) is 0 Å². The van der Waals surface area contributed by atoms with Crippen molar-refractivity contribution in [3.63, 3.8) is 0 Å². The van der Waals surface area contributed by atoms with E-state index >= 15 is 0 Å². The number of rotatable bonds is 7. The smallest absolute Gasteiger partial charge is 0.382 e. The van der Waals surface area contributed by atoms with Crippen molar-refractivity contribution in [3.05, 3.63) is 62.7 Å². The quantitative estimate of drug-likeness (QED) is 0.652. The second kappa shape index (κ2) is 10.4. The first-order chi connectivity index (χ1) is 10.9. The van der Waals surface area contributed by atoms with Gasteiger partial charge in [-0.1, -0.05) is 0 Å². The van der Waals surface area contributed by atoms with Gasteiger partial charge in [0.2, 0.25) is 0 Å². The molecule has 0 unspecified atom stereocenters. The molecule has 0 aromatic heterocycles. The van der Waals surface area contributed by atoms with E-state index in [0.29, 0.717) is 26.4 Å². The van der Waals surface area contributed by atoms with Crippen molar-refractivity contribution in [1.29, 1.82) is 0 Å². The Morgan fingerprint density at radius 1 is 1.09 bits per heavy atom. The van der Waals surface area contributed by atoms with Crippen molar-refractivity contribution in [3.8, 4) is 0 Å². The predicted molar refractivity (Wildman–Crippen MR) is 81.8 cm³/mol. The van der Waals surface area contributed by atoms with Gasteiger partial charge in [0, 0.05) is 24.9 Å². The van der Waals surface area contributed by atoms with Crippen LogP contribution in [-0.4, -0.2) is 45.9 Å². The second-order valence-corrected chi connectivity index (χ2v) is 5.50. The minimum absolute atomic E-state index is 0. The van der Waals surface area contributed by atoms with E-state index in [1.807, 2.05) is 25.7 Å². The molecule has 0 N–H and O–H groups in total. The molecule has 0 spiro atoms. The molecule has 10 radical (unpaired) electrons. The zero-order valence-electron chi connectivity index (χ0n) is 13.2. The van der Waals surface area contributed by atoms with E-state index in [1.54, 1.807) is 7.11 Å². The summed E-state index contributed by atoms with van der Waals surface area (Å²) in [4.78, 5) is 0. The average molecular weight is 358 g/mol. The van der Waals surface area contributed by atoms with Gasteiger partial charge in [0.15, 0.2) is 6.29 Å². The van der Waals surface area contributed by atoms with E-state index < -0.39 is 0 Å². The fraction of sp³-hybridized carbons (Fsp3) is 0.444. The molecule has 3 aliphatic rings. The largest absolute Gasteiger partial charge is 2.00 e. The summed E-state index contributed by atoms with van der Waals surface area (Å²) in [5.74, 6) is 3.37. The summed E-state index contributed by atoms with van der Waals surface area (Å²) in [6.45, 7) is 2.48. The Labute approximate surface area is 151 Å². The summed E-state index contributed by atoms with van der Waals surface area (Å²) in [5.41, 5.74) is 0. The second-order valence-electron chi connectivity index (χ2n) is 5.50. The first kappa shape index (κ1) is 19.7. The SMILES string of the molecule is COC[C@@H]1CCO[C@H]([C]2[CH][CH][CH][C]2COC[C]2[CH][CH][CH][CH]2)O1.[Fe+2]. The topological polar surface area (TPSA) is 36.9 Å². The molecule has 124 valence electrons. The zero-order valence-corrected chi connectivity index (χ0v) is 14.3. The van der Waals surface area contributed by atoms with Crippen LogP contribution in [0.3, 0.4) is 0 Å². The summed E-state index contributed by atoms with van der Waals surface area (Å²) in [5, 5.41) is 0. The molecule has 1 saturated heterocycles. The van der Waals surface area contributed by atoms with Crippen molar-refractivity contribution in [2.75, 3.05) is 33.5 Å². The average Bonchev–Trinajstić information content (AvgIpc) is 3.19. The molecule has 5 heteroatoms. The van der Waals surface area contributed by atoms with Crippen LogP contribution < -0.4 is 0 Å². The molecule has 3 rings (SSSR count). The van der Waals surface area contributed by atoms with Gasteiger partial charge in [-0.3, -0.25) is 0 Å². The Morgan fingerprint density at radius 3 is 2.70 bits per heavy atom. The van der Waals surface area contributed by atoms with Crippen molar-refractivity contribution >= 4 is 0 Å². The van der Waals surface area contributed by atoms with Crippen LogP contribution in [-0.2, 0) is 36.0 Å². The molecule has 4 nitrogen and oxygen atoms in total. The Balaban J connectivity index is 0.00000192. The van der Waals surface area contributed by atoms with Crippen LogP contribution in [0.4, 0.5) is 0 Å². The molecular formula is C18H22FeO4+2. The van der Waals surface area contributed by atoms with Crippen molar-refractivity contribution in [2.45, 2.75) is 18.8 Å². The maximum absolute atomic E-state index is 5.96. The molecule has 2 atom stereocenters. The standard InChI is InChI=1S/C18H22O4.Fe/c1-19-13-16-9-10-21-18(22-16)17-8-4-7-15(17)12-20-11-14-5-2-3-6-14;/h2-8,16,18H,9-13H2,1H3;/q;+2/t16-,18-;/m0./s1. The van der Waals surface area contributed by atoms with E-state index in [-0.39, 0.29) is 29.5 Å². The molecule has 1 aliphatic heterocycles. The van der Waals surface area contributed by atoms with Gasteiger partial charge in [-0.15, -0.1) is 0 Å². The molecule has 0 aromatic carbocycles. The van der Waals surface area contributed by atoms with Gasteiger partial charge < -0.3 is 18.9 Å². The van der Waals surface area contributed by atoms with E-state index in [2.05, 4.69) is 19.3 Å². The maximum atomic E-state index is 5.96. The first-order valence-electron chi connectivity index (χ1n) is 7.65. The summed E-state index contributed by atoms with van der Waals surface area (Å²) >= 11 is 0. The number of methoxy groups -OCH3 is 1. The van der Waals surface area contributed by atoms with Crippen LogP contribution in [0.25, 0.3) is 0 Å². The normalized spacial score (nSPS) is 30.7. The Kier molecular flexibility index (Phi) is 8.88. The number of hydrogen-bond donors (Lipinski definition) is 0. The third-order valence-corrected chi connectivity index (χ3v) is 3.83. The van der Waals surface area contributed by atoms with Crippen molar-refractivity contribution < 1.29 is 36.0 Å². The van der Waals surface area contributed by atoms with Gasteiger partial charge >= 0.3 is 17.1 Å². The monoisotopic (exact) mass is 358 g/mol. The number of ether oxygens (including phenoxy) is 4. The van der Waals surface area contributed by atoms with Gasteiger partial charge in [0.05, 0.1) is 32.5 Å². The van der Waals surface area contributed by atoms with Crippen molar-refractivity contribution in [1.82, 2.24) is 0 Å². The first-order valence-corrected chi connectivity index (χ1v) is 7.65. The Hall–Kier alpha value is 0.359. The summed E-state index contributed by atoms with van der Waals surface area (Å²) in [6, 6.07) is 0. The molecule has 3 fully saturated rings. The fourth-order valence-electron chi connectivity index (χ4n) is 2.68. The van der Waals surface area contributed by atoms with Gasteiger partial charge in [-0.05, 0) is 51.4 Å². The third kappa shape index (κ3) is 5.69. The van der Waals surface area contributed by atoms with E-state index in [4.69, 9.17) is 18.9 Å². The zero-order chi connectivity index (χ0) is 15.2. The molecular weight excluding hydrogens is 336 g/mol. The van der Waals surface area contributed by atoms with Crippen LogP contribution in [0.1, 0.15) is 6.42 Å². The summed E-state index contributed by atoms with van der Waals surface area (Å²) < 4.78 is 22.7. The predicted octanol–water partition coefficient (Wildman–Crippen LogP) is 1.96. The summed E-state index contributed by atoms with van der Waals surface area (Å²) in [7, 11) is 1.69. The molecule has 23 heavy (non-hydrogen) atoms. The summed E-state index contributed by atoms with van der Waals surface area (Å²) in [6.07, 6.45) is 14.9. The minimum Gasteiger partial charge on any atom is -0.382 e. The van der Waals surface area contributed by atoms with Crippen LogP contribution in [0.15, 0.2) is 0 Å². The van der Waals surface area contributed by atoms with Crippen LogP contribution in [0.5, 0.6) is 0 Å². The molecule has 1 heterocycles. The number of hydrogen-bond acceptors (Lipinski definition) is 4. The van der Waals surface area contributed by atoms with Crippen LogP contribution in [0, 0.1) is 62.7 Å². The minimum atomic E-state index is -0.318. The molecule has 0 bridgehead atoms. The van der Waals surface area contributed by atoms with Gasteiger partial charge in [0.25, 0.3) is 0 Å². The van der Waals surface area contributed by atoms with Crippen molar-refractivity contribution in [2.24, 2.45) is 0 Å². The Morgan fingerprint density at radius 2 is 1.91 bits per heavy atom. The van der Waals surface area contributed by atoms with Crippen LogP contribution >= 0.6 is 0 Å². The third-order valence-electron chi connectivity index (χ3n) is 3.83. The van der Waals surface area contributed by atoms with E-state index in [9.17, 15) is 0 Å². The molecule has 2 aliphatic carbocycles. The molecule has 0 amide bonds. The molecule has 0 aromatic rings. The maximum Gasteiger partial charge on any atom is 2.00 e.